The molecule has 1 aliphatic rings. The molecule has 1 N–H and O–H groups in total. The molecule has 1 aliphatic heterocycles. The Bertz CT molecular complexity index is 441. The molecular weight excluding hydrogens is 234 g/mol. The highest BCUT2D eigenvalue weighted by molar-refractivity contribution is 5.44. The van der Waals surface area contributed by atoms with Crippen LogP contribution in [0.15, 0.2) is 18.2 Å². The summed E-state index contributed by atoms with van der Waals surface area (Å²) in [5, 5.41) is 17.7. The number of hydrogen-bond acceptors (Lipinski definition) is 5. The fourth-order valence-electron chi connectivity index (χ4n) is 1.72. The van der Waals surface area contributed by atoms with Crippen molar-refractivity contribution in [1.29, 1.82) is 5.26 Å². The van der Waals surface area contributed by atoms with Crippen LogP contribution in [0.3, 0.4) is 0 Å². The van der Waals surface area contributed by atoms with Crippen LogP contribution >= 0.6 is 0 Å². The van der Waals surface area contributed by atoms with Gasteiger partial charge in [-0.1, -0.05) is 6.07 Å². The first kappa shape index (κ1) is 12.7. The molecule has 18 heavy (non-hydrogen) atoms. The fraction of sp³-hybridized carbons (Fsp3) is 0.462. The van der Waals surface area contributed by atoms with Crippen LogP contribution in [-0.4, -0.2) is 31.5 Å². The molecule has 0 radical (unpaired) electrons. The van der Waals surface area contributed by atoms with Gasteiger partial charge in [0.2, 0.25) is 0 Å². The van der Waals surface area contributed by atoms with Crippen LogP contribution in [0.2, 0.25) is 0 Å². The van der Waals surface area contributed by atoms with E-state index in [0.717, 1.165) is 6.42 Å². The van der Waals surface area contributed by atoms with E-state index in [1.54, 1.807) is 18.2 Å². The van der Waals surface area contributed by atoms with E-state index in [4.69, 9.17) is 24.6 Å². The van der Waals surface area contributed by atoms with Gasteiger partial charge in [0.15, 0.2) is 17.6 Å². The number of fused-ring (bicyclic) bond motifs is 1. The number of nitriles is 1. The van der Waals surface area contributed by atoms with Crippen LogP contribution in [0.1, 0.15) is 18.1 Å². The maximum absolute atomic E-state index is 9.04. The SMILES string of the molecule is N#CC(OCCO)c1ccc2c(c1)OCCCO2. The minimum Gasteiger partial charge on any atom is -0.490 e. The molecule has 5 heteroatoms. The summed E-state index contributed by atoms with van der Waals surface area (Å²) in [6.45, 7) is 1.26. The number of benzene rings is 1. The lowest BCUT2D eigenvalue weighted by Gasteiger charge is -2.13. The second-order valence-electron chi connectivity index (χ2n) is 3.86. The molecule has 0 fully saturated rings. The van der Waals surface area contributed by atoms with Crippen molar-refractivity contribution in [1.82, 2.24) is 0 Å². The Morgan fingerprint density at radius 2 is 2.11 bits per heavy atom. The van der Waals surface area contributed by atoms with Crippen LogP contribution in [0.25, 0.3) is 0 Å². The molecule has 0 spiro atoms. The fourth-order valence-corrected chi connectivity index (χ4v) is 1.72. The summed E-state index contributed by atoms with van der Waals surface area (Å²) in [6.07, 6.45) is 0.140. The molecule has 0 saturated carbocycles. The van der Waals surface area contributed by atoms with Gasteiger partial charge < -0.3 is 19.3 Å². The first-order chi connectivity index (χ1) is 8.85. The number of nitrogens with zero attached hydrogens (tertiary/aromatic N) is 1. The van der Waals surface area contributed by atoms with E-state index in [1.165, 1.54) is 0 Å². The number of aliphatic hydroxyl groups is 1. The van der Waals surface area contributed by atoms with Crippen LogP contribution in [0, 0.1) is 11.3 Å². The zero-order chi connectivity index (χ0) is 12.8. The third kappa shape index (κ3) is 2.92. The predicted molar refractivity (Wildman–Crippen MR) is 63.4 cm³/mol. The van der Waals surface area contributed by atoms with Gasteiger partial charge in [-0.3, -0.25) is 0 Å². The second-order valence-corrected chi connectivity index (χ2v) is 3.86. The van der Waals surface area contributed by atoms with E-state index < -0.39 is 6.10 Å². The van der Waals surface area contributed by atoms with Crippen molar-refractivity contribution < 1.29 is 19.3 Å². The van der Waals surface area contributed by atoms with Crippen LogP contribution in [0.5, 0.6) is 11.5 Å². The molecule has 0 bridgehead atoms. The van der Waals surface area contributed by atoms with Crippen molar-refractivity contribution in [3.63, 3.8) is 0 Å². The monoisotopic (exact) mass is 249 g/mol. The summed E-state index contributed by atoms with van der Waals surface area (Å²) in [5.41, 5.74) is 0.704. The molecule has 0 aliphatic carbocycles. The van der Waals surface area contributed by atoms with Crippen molar-refractivity contribution in [2.45, 2.75) is 12.5 Å². The van der Waals surface area contributed by atoms with Gasteiger partial charge >= 0.3 is 0 Å². The average molecular weight is 249 g/mol. The summed E-state index contributed by atoms with van der Waals surface area (Å²) in [4.78, 5) is 0. The quantitative estimate of drug-likeness (QED) is 0.873. The highest BCUT2D eigenvalue weighted by Gasteiger charge is 2.16. The van der Waals surface area contributed by atoms with Crippen molar-refractivity contribution in [2.75, 3.05) is 26.4 Å². The van der Waals surface area contributed by atoms with Crippen molar-refractivity contribution in [2.24, 2.45) is 0 Å². The van der Waals surface area contributed by atoms with E-state index in [2.05, 4.69) is 0 Å². The Kier molecular flexibility index (Phi) is 4.40. The van der Waals surface area contributed by atoms with Crippen molar-refractivity contribution >= 4 is 0 Å². The molecule has 0 saturated heterocycles. The smallest absolute Gasteiger partial charge is 0.169 e. The molecule has 1 aromatic rings. The van der Waals surface area contributed by atoms with Gasteiger partial charge in [0, 0.05) is 6.42 Å². The number of ether oxygens (including phenoxy) is 3. The molecule has 1 aromatic carbocycles. The molecule has 5 nitrogen and oxygen atoms in total. The molecule has 1 heterocycles. The van der Waals surface area contributed by atoms with E-state index in [9.17, 15) is 0 Å². The highest BCUT2D eigenvalue weighted by Crippen LogP contribution is 2.32. The summed E-state index contributed by atoms with van der Waals surface area (Å²) >= 11 is 0. The lowest BCUT2D eigenvalue weighted by molar-refractivity contribution is 0.0580. The highest BCUT2D eigenvalue weighted by atomic mass is 16.5. The number of rotatable bonds is 4. The van der Waals surface area contributed by atoms with Crippen molar-refractivity contribution in [3.8, 4) is 17.6 Å². The molecule has 2 rings (SSSR count). The van der Waals surface area contributed by atoms with Gasteiger partial charge in [0.1, 0.15) is 0 Å². The normalized spacial score (nSPS) is 15.6. The van der Waals surface area contributed by atoms with E-state index >= 15 is 0 Å². The van der Waals surface area contributed by atoms with Gasteiger partial charge in [0.25, 0.3) is 0 Å². The molecular formula is C13H15NO4. The Hall–Kier alpha value is -1.77. The zero-order valence-electron chi connectivity index (χ0n) is 9.96. The van der Waals surface area contributed by atoms with Gasteiger partial charge in [-0.2, -0.15) is 5.26 Å². The van der Waals surface area contributed by atoms with E-state index in [1.807, 2.05) is 6.07 Å². The van der Waals surface area contributed by atoms with Crippen molar-refractivity contribution in [3.05, 3.63) is 23.8 Å². The molecule has 0 amide bonds. The number of hydrogen-bond donors (Lipinski definition) is 1. The summed E-state index contributed by atoms with van der Waals surface area (Å²) in [5.74, 6) is 1.33. The first-order valence-corrected chi connectivity index (χ1v) is 5.87. The maximum Gasteiger partial charge on any atom is 0.169 e. The van der Waals surface area contributed by atoms with E-state index in [-0.39, 0.29) is 13.2 Å². The summed E-state index contributed by atoms with van der Waals surface area (Å²) in [6, 6.07) is 7.36. The Balaban J connectivity index is 2.18. The largest absolute Gasteiger partial charge is 0.490 e. The molecule has 1 unspecified atom stereocenters. The second kappa shape index (κ2) is 6.24. The minimum atomic E-state index is -0.700. The van der Waals surface area contributed by atoms with Gasteiger partial charge in [0.05, 0.1) is 32.5 Å². The van der Waals surface area contributed by atoms with Gasteiger partial charge in [-0.15, -0.1) is 0 Å². The zero-order valence-corrected chi connectivity index (χ0v) is 9.96. The maximum atomic E-state index is 9.04. The number of aliphatic hydroxyl groups excluding tert-OH is 1. The predicted octanol–water partition coefficient (Wildman–Crippen LogP) is 1.42. The Morgan fingerprint density at radius 3 is 2.83 bits per heavy atom. The lowest BCUT2D eigenvalue weighted by Crippen LogP contribution is -2.06. The van der Waals surface area contributed by atoms with Crippen LogP contribution in [0.4, 0.5) is 0 Å². The van der Waals surface area contributed by atoms with Gasteiger partial charge in [-0.25, -0.2) is 0 Å². The van der Waals surface area contributed by atoms with E-state index in [0.29, 0.717) is 30.3 Å². The Labute approximate surface area is 106 Å². The standard InChI is InChI=1S/C13H15NO4/c14-9-13(18-7-4-15)10-2-3-11-12(8-10)17-6-1-5-16-11/h2-3,8,13,15H,1,4-7H2. The van der Waals surface area contributed by atoms with Gasteiger partial charge in [-0.05, 0) is 17.7 Å². The van der Waals surface area contributed by atoms with Crippen LogP contribution in [-0.2, 0) is 4.74 Å². The molecule has 0 aromatic heterocycles. The topological polar surface area (TPSA) is 71.7 Å². The lowest BCUT2D eigenvalue weighted by atomic mass is 10.1. The minimum absolute atomic E-state index is 0.108. The third-order valence-electron chi connectivity index (χ3n) is 2.57. The molecule has 1 atom stereocenters. The average Bonchev–Trinajstić information content (AvgIpc) is 2.64. The molecule has 96 valence electrons. The summed E-state index contributed by atoms with van der Waals surface area (Å²) < 4.78 is 16.3. The summed E-state index contributed by atoms with van der Waals surface area (Å²) in [7, 11) is 0. The first-order valence-electron chi connectivity index (χ1n) is 5.87. The Morgan fingerprint density at radius 1 is 1.33 bits per heavy atom. The third-order valence-corrected chi connectivity index (χ3v) is 2.57. The van der Waals surface area contributed by atoms with Crippen LogP contribution < -0.4 is 9.47 Å².